The van der Waals surface area contributed by atoms with E-state index in [1.54, 1.807) is 0 Å². The highest BCUT2D eigenvalue weighted by atomic mass is 19.1. The van der Waals surface area contributed by atoms with Crippen LogP contribution in [-0.2, 0) is 9.47 Å². The SMILES string of the molecule is CC1CCC(COC(=O)c2cc(N)c(F)cc2F)O1. The van der Waals surface area contributed by atoms with Crippen molar-refractivity contribution in [3.05, 3.63) is 29.3 Å². The molecule has 1 heterocycles. The fourth-order valence-electron chi connectivity index (χ4n) is 1.98. The number of benzene rings is 1. The molecule has 2 N–H and O–H groups in total. The third-order valence-electron chi connectivity index (χ3n) is 3.03. The van der Waals surface area contributed by atoms with Gasteiger partial charge in [-0.3, -0.25) is 0 Å². The summed E-state index contributed by atoms with van der Waals surface area (Å²) in [5, 5.41) is 0. The standard InChI is InChI=1S/C13H15F2NO3/c1-7-2-3-8(19-7)6-18-13(17)9-4-12(16)11(15)5-10(9)14/h4-5,7-8H,2-3,6,16H2,1H3. The second kappa shape index (κ2) is 5.52. The van der Waals surface area contributed by atoms with Gasteiger partial charge in [0, 0.05) is 6.07 Å². The molecule has 0 aromatic heterocycles. The van der Waals surface area contributed by atoms with Gasteiger partial charge >= 0.3 is 5.97 Å². The van der Waals surface area contributed by atoms with Crippen molar-refractivity contribution < 1.29 is 23.0 Å². The molecule has 6 heteroatoms. The number of hydrogen-bond acceptors (Lipinski definition) is 4. The number of rotatable bonds is 3. The van der Waals surface area contributed by atoms with E-state index < -0.39 is 17.6 Å². The molecule has 1 aliphatic rings. The van der Waals surface area contributed by atoms with Crippen molar-refractivity contribution >= 4 is 11.7 Å². The van der Waals surface area contributed by atoms with Gasteiger partial charge in [-0.25, -0.2) is 13.6 Å². The molecule has 0 radical (unpaired) electrons. The fourth-order valence-corrected chi connectivity index (χ4v) is 1.98. The summed E-state index contributed by atoms with van der Waals surface area (Å²) in [6.45, 7) is 1.99. The molecule has 4 nitrogen and oxygen atoms in total. The Kier molecular flexibility index (Phi) is 3.99. The van der Waals surface area contributed by atoms with E-state index >= 15 is 0 Å². The number of ether oxygens (including phenoxy) is 2. The molecule has 1 aliphatic heterocycles. The largest absolute Gasteiger partial charge is 0.459 e. The molecule has 0 bridgehead atoms. The molecule has 19 heavy (non-hydrogen) atoms. The zero-order valence-electron chi connectivity index (χ0n) is 10.5. The average molecular weight is 271 g/mol. The summed E-state index contributed by atoms with van der Waals surface area (Å²) < 4.78 is 36.8. The third kappa shape index (κ3) is 3.20. The van der Waals surface area contributed by atoms with Crippen LogP contribution in [0.4, 0.5) is 14.5 Å². The molecule has 1 saturated heterocycles. The van der Waals surface area contributed by atoms with Gasteiger partial charge in [0.15, 0.2) is 0 Å². The quantitative estimate of drug-likeness (QED) is 0.676. The molecule has 1 fully saturated rings. The van der Waals surface area contributed by atoms with Crippen LogP contribution in [0.2, 0.25) is 0 Å². The molecule has 1 aromatic rings. The van der Waals surface area contributed by atoms with Crippen LogP contribution in [0.5, 0.6) is 0 Å². The highest BCUT2D eigenvalue weighted by Gasteiger charge is 2.24. The lowest BCUT2D eigenvalue weighted by Crippen LogP contribution is -2.19. The number of nitrogen functional groups attached to an aromatic ring is 1. The van der Waals surface area contributed by atoms with E-state index in [1.807, 2.05) is 6.92 Å². The molecule has 2 rings (SSSR count). The van der Waals surface area contributed by atoms with Gasteiger partial charge in [-0.05, 0) is 25.8 Å². The van der Waals surface area contributed by atoms with Gasteiger partial charge in [0.05, 0.1) is 23.5 Å². The van der Waals surface area contributed by atoms with Crippen LogP contribution in [0.25, 0.3) is 0 Å². The smallest absolute Gasteiger partial charge is 0.341 e. The van der Waals surface area contributed by atoms with Crippen LogP contribution in [0.15, 0.2) is 12.1 Å². The first-order chi connectivity index (χ1) is 8.97. The summed E-state index contributed by atoms with van der Waals surface area (Å²) in [6, 6.07) is 1.51. The predicted molar refractivity (Wildman–Crippen MR) is 64.6 cm³/mol. The second-order valence-corrected chi connectivity index (χ2v) is 4.60. The van der Waals surface area contributed by atoms with Gasteiger partial charge in [0.1, 0.15) is 18.2 Å². The molecule has 2 atom stereocenters. The van der Waals surface area contributed by atoms with Crippen molar-refractivity contribution in [1.82, 2.24) is 0 Å². The van der Waals surface area contributed by atoms with Crippen LogP contribution in [0.3, 0.4) is 0 Å². The minimum atomic E-state index is -0.989. The van der Waals surface area contributed by atoms with Gasteiger partial charge in [-0.2, -0.15) is 0 Å². The van der Waals surface area contributed by atoms with Gasteiger partial charge in [-0.15, -0.1) is 0 Å². The van der Waals surface area contributed by atoms with E-state index in [2.05, 4.69) is 0 Å². The Morgan fingerprint density at radius 2 is 2.16 bits per heavy atom. The van der Waals surface area contributed by atoms with E-state index in [4.69, 9.17) is 15.2 Å². The fraction of sp³-hybridized carbons (Fsp3) is 0.462. The second-order valence-electron chi connectivity index (χ2n) is 4.60. The van der Waals surface area contributed by atoms with Crippen LogP contribution >= 0.6 is 0 Å². The Hall–Kier alpha value is -1.69. The minimum Gasteiger partial charge on any atom is -0.459 e. The molecule has 1 aromatic carbocycles. The molecular formula is C13H15F2NO3. The lowest BCUT2D eigenvalue weighted by atomic mass is 10.2. The first-order valence-electron chi connectivity index (χ1n) is 6.04. The molecule has 0 aliphatic carbocycles. The molecule has 0 amide bonds. The highest BCUT2D eigenvalue weighted by molar-refractivity contribution is 5.90. The molecule has 0 spiro atoms. The van der Waals surface area contributed by atoms with Crippen LogP contribution in [0.1, 0.15) is 30.1 Å². The lowest BCUT2D eigenvalue weighted by molar-refractivity contribution is -0.00291. The number of halogens is 2. The Morgan fingerprint density at radius 3 is 2.79 bits per heavy atom. The lowest BCUT2D eigenvalue weighted by Gasteiger charge is -2.12. The third-order valence-corrected chi connectivity index (χ3v) is 3.03. The number of hydrogen-bond donors (Lipinski definition) is 1. The summed E-state index contributed by atoms with van der Waals surface area (Å²) in [4.78, 5) is 11.7. The minimum absolute atomic E-state index is 0.0555. The van der Waals surface area contributed by atoms with Crippen molar-refractivity contribution in [3.8, 4) is 0 Å². The van der Waals surface area contributed by atoms with Crippen LogP contribution in [0, 0.1) is 11.6 Å². The average Bonchev–Trinajstić information content (AvgIpc) is 2.77. The molecule has 104 valence electrons. The van der Waals surface area contributed by atoms with Crippen LogP contribution in [-0.4, -0.2) is 24.8 Å². The topological polar surface area (TPSA) is 61.5 Å². The van der Waals surface area contributed by atoms with E-state index in [0.29, 0.717) is 6.07 Å². The van der Waals surface area contributed by atoms with Gasteiger partial charge in [-0.1, -0.05) is 0 Å². The van der Waals surface area contributed by atoms with Crippen molar-refractivity contribution in [2.75, 3.05) is 12.3 Å². The monoisotopic (exact) mass is 271 g/mol. The van der Waals surface area contributed by atoms with Crippen molar-refractivity contribution in [2.45, 2.75) is 32.0 Å². The maximum atomic E-state index is 13.4. The van der Waals surface area contributed by atoms with Crippen molar-refractivity contribution in [1.29, 1.82) is 0 Å². The molecule has 2 unspecified atom stereocenters. The van der Waals surface area contributed by atoms with Crippen LogP contribution < -0.4 is 5.73 Å². The van der Waals surface area contributed by atoms with E-state index in [9.17, 15) is 13.6 Å². The van der Waals surface area contributed by atoms with Crippen molar-refractivity contribution in [2.24, 2.45) is 0 Å². The number of carbonyl (C=O) groups excluding carboxylic acids is 1. The van der Waals surface area contributed by atoms with Gasteiger partial charge in [0.25, 0.3) is 0 Å². The number of esters is 1. The molecule has 0 saturated carbocycles. The highest BCUT2D eigenvalue weighted by Crippen LogP contribution is 2.21. The Labute approximate surface area is 109 Å². The summed E-state index contributed by atoms with van der Waals surface area (Å²) >= 11 is 0. The van der Waals surface area contributed by atoms with E-state index in [1.165, 1.54) is 0 Å². The number of carbonyl (C=O) groups is 1. The normalized spacial score (nSPS) is 22.5. The zero-order chi connectivity index (χ0) is 14.0. The first-order valence-corrected chi connectivity index (χ1v) is 6.04. The summed E-state index contributed by atoms with van der Waals surface area (Å²) in [5.74, 6) is -2.76. The summed E-state index contributed by atoms with van der Waals surface area (Å²) in [5.41, 5.74) is 4.63. The van der Waals surface area contributed by atoms with E-state index in [-0.39, 0.29) is 30.1 Å². The Bertz CT molecular complexity index is 493. The van der Waals surface area contributed by atoms with E-state index in [0.717, 1.165) is 18.9 Å². The Morgan fingerprint density at radius 1 is 1.42 bits per heavy atom. The number of nitrogens with two attached hydrogens (primary N) is 1. The number of anilines is 1. The molecular weight excluding hydrogens is 256 g/mol. The maximum absolute atomic E-state index is 13.4. The van der Waals surface area contributed by atoms with Gasteiger partial charge in [0.2, 0.25) is 0 Å². The summed E-state index contributed by atoms with van der Waals surface area (Å²) in [6.07, 6.45) is 1.67. The maximum Gasteiger partial charge on any atom is 0.341 e. The first kappa shape index (κ1) is 13.7. The Balaban J connectivity index is 1.98. The predicted octanol–water partition coefficient (Wildman–Crippen LogP) is 2.27. The summed E-state index contributed by atoms with van der Waals surface area (Å²) in [7, 11) is 0. The van der Waals surface area contributed by atoms with Crippen molar-refractivity contribution in [3.63, 3.8) is 0 Å². The zero-order valence-corrected chi connectivity index (χ0v) is 10.5. The van der Waals surface area contributed by atoms with Gasteiger partial charge < -0.3 is 15.2 Å².